The Bertz CT molecular complexity index is 1230. The predicted octanol–water partition coefficient (Wildman–Crippen LogP) is 2.57. The number of aromatic nitrogens is 3. The molecule has 4 rings (SSSR count). The highest BCUT2D eigenvalue weighted by atomic mass is 19.1. The van der Waals surface area contributed by atoms with Crippen molar-refractivity contribution in [3.8, 4) is 5.82 Å². The van der Waals surface area contributed by atoms with Gasteiger partial charge in [-0.3, -0.25) is 0 Å². The molecule has 0 aromatic carbocycles. The Hall–Kier alpha value is -3.94. The molecule has 2 aliphatic rings. The van der Waals surface area contributed by atoms with Gasteiger partial charge >= 0.3 is 6.09 Å². The molecular weight excluding hydrogens is 467 g/mol. The maximum absolute atomic E-state index is 13.3. The van der Waals surface area contributed by atoms with E-state index in [4.69, 9.17) is 4.74 Å². The highest BCUT2D eigenvalue weighted by Crippen LogP contribution is 2.39. The fourth-order valence-corrected chi connectivity index (χ4v) is 4.60. The molecule has 0 aliphatic carbocycles. The quantitative estimate of drug-likeness (QED) is 0.646. The summed E-state index contributed by atoms with van der Waals surface area (Å²) in [7, 11) is 0. The molecule has 2 fully saturated rings. The summed E-state index contributed by atoms with van der Waals surface area (Å²) in [6, 6.07) is 3.19. The Morgan fingerprint density at radius 1 is 1.19 bits per heavy atom. The molecule has 1 atom stereocenters. The van der Waals surface area contributed by atoms with Crippen LogP contribution in [0.3, 0.4) is 0 Å². The molecular formula is C25H29FN6O4. The van der Waals surface area contributed by atoms with Crippen LogP contribution in [0.4, 0.5) is 9.18 Å². The number of piperazine rings is 1. The van der Waals surface area contributed by atoms with Crippen LogP contribution in [0.5, 0.6) is 0 Å². The van der Waals surface area contributed by atoms with Crippen LogP contribution in [0.1, 0.15) is 52.1 Å². The van der Waals surface area contributed by atoms with Crippen molar-refractivity contribution >= 4 is 18.0 Å². The fraction of sp³-hybridized carbons (Fsp3) is 0.480. The van der Waals surface area contributed by atoms with Gasteiger partial charge < -0.3 is 19.9 Å². The highest BCUT2D eigenvalue weighted by Gasteiger charge is 2.47. The number of rotatable bonds is 3. The van der Waals surface area contributed by atoms with E-state index in [0.717, 1.165) is 11.8 Å². The van der Waals surface area contributed by atoms with Crippen molar-refractivity contribution in [1.29, 1.82) is 0 Å². The lowest BCUT2D eigenvalue weighted by molar-refractivity contribution is 0.0141. The third-order valence-electron chi connectivity index (χ3n) is 6.45. The molecule has 11 heteroatoms. The molecule has 4 heterocycles. The van der Waals surface area contributed by atoms with E-state index in [1.807, 2.05) is 23.8 Å². The number of hydrogen-bond donors (Lipinski definition) is 1. The summed E-state index contributed by atoms with van der Waals surface area (Å²) in [6.07, 6.45) is 4.33. The number of carbonyl (C=O) groups is 1. The molecule has 2 saturated heterocycles. The SMILES string of the molecule is C[C@@H](c1ccc(-n2cc(F)cn2)nc1)N1CC(=C=O)NC2(CCN(C(=O)OC(C)(C)C)CC2)C1=C=O. The Balaban J connectivity index is 1.56. The van der Waals surface area contributed by atoms with E-state index in [1.54, 1.807) is 37.9 Å². The summed E-state index contributed by atoms with van der Waals surface area (Å²) in [5.74, 6) is 4.04. The van der Waals surface area contributed by atoms with E-state index < -0.39 is 23.1 Å². The number of nitrogens with one attached hydrogen (secondary N) is 1. The molecule has 2 aromatic heterocycles. The number of hydrogen-bond acceptors (Lipinski definition) is 8. The summed E-state index contributed by atoms with van der Waals surface area (Å²) in [6.45, 7) is 8.16. The molecule has 10 nitrogen and oxygen atoms in total. The molecule has 0 radical (unpaired) electrons. The second kappa shape index (κ2) is 9.60. The molecule has 1 N–H and O–H groups in total. The van der Waals surface area contributed by atoms with E-state index in [1.165, 1.54) is 10.9 Å². The van der Waals surface area contributed by atoms with Crippen LogP contribution < -0.4 is 5.32 Å². The zero-order valence-electron chi connectivity index (χ0n) is 20.7. The van der Waals surface area contributed by atoms with Gasteiger partial charge in [0.25, 0.3) is 0 Å². The number of piperidine rings is 1. The van der Waals surface area contributed by atoms with E-state index in [9.17, 15) is 18.8 Å². The zero-order valence-corrected chi connectivity index (χ0v) is 20.7. The fourth-order valence-electron chi connectivity index (χ4n) is 4.60. The third-order valence-corrected chi connectivity index (χ3v) is 6.45. The average molecular weight is 497 g/mol. The summed E-state index contributed by atoms with van der Waals surface area (Å²) < 4.78 is 20.1. The van der Waals surface area contributed by atoms with Crippen molar-refractivity contribution in [3.05, 3.63) is 53.5 Å². The summed E-state index contributed by atoms with van der Waals surface area (Å²) in [5.41, 5.74) is 0.0177. The van der Waals surface area contributed by atoms with Crippen molar-refractivity contribution in [2.45, 2.75) is 57.7 Å². The van der Waals surface area contributed by atoms with E-state index in [2.05, 4.69) is 21.3 Å². The minimum atomic E-state index is -0.862. The average Bonchev–Trinajstić information content (AvgIpc) is 3.28. The first-order chi connectivity index (χ1) is 17.0. The molecule has 0 saturated carbocycles. The van der Waals surface area contributed by atoms with E-state index in [0.29, 0.717) is 43.1 Å². The van der Waals surface area contributed by atoms with Crippen molar-refractivity contribution in [1.82, 2.24) is 29.9 Å². The second-order valence-electron chi connectivity index (χ2n) is 10.1. The van der Waals surface area contributed by atoms with Gasteiger partial charge in [0.05, 0.1) is 30.5 Å². The van der Waals surface area contributed by atoms with Crippen LogP contribution in [0.25, 0.3) is 5.82 Å². The minimum absolute atomic E-state index is 0.152. The van der Waals surface area contributed by atoms with Gasteiger partial charge in [0.1, 0.15) is 28.9 Å². The summed E-state index contributed by atoms with van der Waals surface area (Å²) >= 11 is 0. The molecule has 0 bridgehead atoms. The Labute approximate surface area is 208 Å². The smallest absolute Gasteiger partial charge is 0.410 e. The number of pyridine rings is 1. The summed E-state index contributed by atoms with van der Waals surface area (Å²) in [4.78, 5) is 44.3. The van der Waals surface area contributed by atoms with Crippen LogP contribution >= 0.6 is 0 Å². The van der Waals surface area contributed by atoms with Crippen LogP contribution in [-0.2, 0) is 14.3 Å². The second-order valence-corrected chi connectivity index (χ2v) is 10.1. The first-order valence-electron chi connectivity index (χ1n) is 11.7. The zero-order chi connectivity index (χ0) is 26.1. The first kappa shape index (κ1) is 25.2. The number of likely N-dealkylation sites (tertiary alicyclic amines) is 1. The Morgan fingerprint density at radius 2 is 1.92 bits per heavy atom. The molecule has 36 heavy (non-hydrogen) atoms. The van der Waals surface area contributed by atoms with Crippen LogP contribution in [-0.4, -0.2) is 73.3 Å². The molecule has 2 aromatic rings. The molecule has 1 amide bonds. The number of nitrogens with zero attached hydrogens (tertiary/aromatic N) is 5. The van der Waals surface area contributed by atoms with E-state index >= 15 is 0 Å². The van der Waals surface area contributed by atoms with Gasteiger partial charge in [-0.15, -0.1) is 0 Å². The molecule has 0 unspecified atom stereocenters. The highest BCUT2D eigenvalue weighted by molar-refractivity contribution is 5.69. The van der Waals surface area contributed by atoms with E-state index in [-0.39, 0.29) is 12.6 Å². The number of ether oxygens (including phenoxy) is 1. The van der Waals surface area contributed by atoms with Crippen LogP contribution in [0.15, 0.2) is 42.1 Å². The molecule has 190 valence electrons. The largest absolute Gasteiger partial charge is 0.444 e. The molecule has 2 aliphatic heterocycles. The normalized spacial score (nSPS) is 18.4. The van der Waals surface area contributed by atoms with Crippen molar-refractivity contribution in [2.24, 2.45) is 0 Å². The van der Waals surface area contributed by atoms with Gasteiger partial charge in [0.15, 0.2) is 11.6 Å². The lowest BCUT2D eigenvalue weighted by atomic mass is 9.81. The van der Waals surface area contributed by atoms with Gasteiger partial charge in [-0.1, -0.05) is 6.07 Å². The predicted molar refractivity (Wildman–Crippen MR) is 128 cm³/mol. The van der Waals surface area contributed by atoms with Crippen molar-refractivity contribution < 1.29 is 23.5 Å². The monoisotopic (exact) mass is 496 g/mol. The Kier molecular flexibility index (Phi) is 6.71. The summed E-state index contributed by atoms with van der Waals surface area (Å²) in [5, 5.41) is 7.12. The van der Waals surface area contributed by atoms with Gasteiger partial charge in [-0.05, 0) is 52.2 Å². The van der Waals surface area contributed by atoms with Gasteiger partial charge in [-0.25, -0.2) is 28.4 Å². The maximum atomic E-state index is 13.3. The van der Waals surface area contributed by atoms with Crippen molar-refractivity contribution in [2.75, 3.05) is 19.6 Å². The first-order valence-corrected chi connectivity index (χ1v) is 11.7. The van der Waals surface area contributed by atoms with Crippen molar-refractivity contribution in [3.63, 3.8) is 0 Å². The maximum Gasteiger partial charge on any atom is 0.410 e. The Morgan fingerprint density at radius 3 is 2.44 bits per heavy atom. The minimum Gasteiger partial charge on any atom is -0.444 e. The third kappa shape index (κ3) is 5.03. The standard InChI is InChI=1S/C25H29FN6O4/c1-17(18-5-6-22(27-11-18)32-13-19(26)12-28-32)31-14-20(15-33)29-25(21(31)16-34)7-9-30(10-8-25)23(35)36-24(2,3)4/h5-6,11-13,17,29H,7-10,14H2,1-4H3/t17-/m0/s1. The van der Waals surface area contributed by atoms with Gasteiger partial charge in [-0.2, -0.15) is 5.10 Å². The molecule has 1 spiro atoms. The number of carbonyl (C=O) groups excluding carboxylic acids is 3. The lowest BCUT2D eigenvalue weighted by Crippen LogP contribution is -2.62. The number of amides is 1. The topological polar surface area (TPSA) is 110 Å². The van der Waals surface area contributed by atoms with Gasteiger partial charge in [0.2, 0.25) is 0 Å². The van der Waals surface area contributed by atoms with Gasteiger partial charge in [0, 0.05) is 19.3 Å². The van der Waals surface area contributed by atoms with Crippen LogP contribution in [0.2, 0.25) is 0 Å². The lowest BCUT2D eigenvalue weighted by Gasteiger charge is -2.50. The number of halogens is 1. The van der Waals surface area contributed by atoms with Crippen LogP contribution in [0, 0.1) is 5.82 Å².